The van der Waals surface area contributed by atoms with Crippen molar-refractivity contribution in [1.82, 2.24) is 4.90 Å². The molecule has 0 unspecified atom stereocenters. The molecule has 0 radical (unpaired) electrons. The highest BCUT2D eigenvalue weighted by Crippen LogP contribution is 2.36. The van der Waals surface area contributed by atoms with Crippen LogP contribution < -0.4 is 5.32 Å². The molecule has 1 fully saturated rings. The van der Waals surface area contributed by atoms with Gasteiger partial charge in [-0.3, -0.25) is 9.69 Å². The summed E-state index contributed by atoms with van der Waals surface area (Å²) in [6.45, 7) is 2.99. The molecule has 2 atom stereocenters. The number of para-hydroxylation sites is 1. The first-order valence-electron chi connectivity index (χ1n) is 9.48. The molecule has 27 heavy (non-hydrogen) atoms. The van der Waals surface area contributed by atoms with Crippen LogP contribution in [0.5, 0.6) is 0 Å². The number of hydrogen-bond acceptors (Lipinski definition) is 3. The zero-order chi connectivity index (χ0) is 18.6. The molecule has 0 saturated carbocycles. The topological polar surface area (TPSA) is 32.3 Å². The molecular weight excluding hydrogens is 352 g/mol. The zero-order valence-corrected chi connectivity index (χ0v) is 16.3. The molecule has 2 heterocycles. The van der Waals surface area contributed by atoms with Gasteiger partial charge < -0.3 is 5.32 Å². The van der Waals surface area contributed by atoms with Crippen molar-refractivity contribution in [2.45, 2.75) is 31.8 Å². The van der Waals surface area contributed by atoms with Crippen LogP contribution in [0.3, 0.4) is 0 Å². The third-order valence-corrected chi connectivity index (χ3v) is 6.29. The molecule has 138 valence electrons. The maximum absolute atomic E-state index is 13.0. The third-order valence-electron chi connectivity index (χ3n) is 5.31. The molecule has 0 spiro atoms. The molecule has 0 bridgehead atoms. The Balaban J connectivity index is 1.53. The van der Waals surface area contributed by atoms with Gasteiger partial charge >= 0.3 is 0 Å². The number of benzene rings is 2. The van der Waals surface area contributed by atoms with E-state index in [1.54, 1.807) is 11.3 Å². The number of anilines is 1. The fourth-order valence-electron chi connectivity index (χ4n) is 3.89. The number of amides is 1. The molecule has 2 aromatic carbocycles. The Kier molecular flexibility index (Phi) is 5.37. The minimum atomic E-state index is -0.163. The largest absolute Gasteiger partial charge is 0.324 e. The van der Waals surface area contributed by atoms with Gasteiger partial charge in [0.1, 0.15) is 0 Å². The van der Waals surface area contributed by atoms with Crippen LogP contribution in [-0.4, -0.2) is 23.4 Å². The lowest BCUT2D eigenvalue weighted by molar-refractivity contribution is -0.121. The highest BCUT2D eigenvalue weighted by molar-refractivity contribution is 7.10. The van der Waals surface area contributed by atoms with Gasteiger partial charge in [0, 0.05) is 22.2 Å². The molecular formula is C23H24N2OS. The zero-order valence-electron chi connectivity index (χ0n) is 15.5. The summed E-state index contributed by atoms with van der Waals surface area (Å²) in [5, 5.41) is 5.29. The van der Waals surface area contributed by atoms with Crippen LogP contribution in [-0.2, 0) is 4.79 Å². The van der Waals surface area contributed by atoms with E-state index < -0.39 is 0 Å². The second-order valence-electron chi connectivity index (χ2n) is 6.99. The SMILES string of the molecule is C[C@@H](C(=O)Nc1ccccc1-c1ccccc1)N1CCC[C@@H]1c1cccs1. The van der Waals surface area contributed by atoms with Crippen molar-refractivity contribution in [3.05, 3.63) is 77.0 Å². The lowest BCUT2D eigenvalue weighted by Crippen LogP contribution is -2.41. The van der Waals surface area contributed by atoms with Gasteiger partial charge in [-0.2, -0.15) is 0 Å². The lowest BCUT2D eigenvalue weighted by atomic mass is 10.0. The van der Waals surface area contributed by atoms with Crippen LogP contribution >= 0.6 is 11.3 Å². The molecule has 1 aliphatic heterocycles. The summed E-state index contributed by atoms with van der Waals surface area (Å²) in [6, 6.07) is 22.7. The summed E-state index contributed by atoms with van der Waals surface area (Å²) in [5.41, 5.74) is 3.03. The van der Waals surface area contributed by atoms with Crippen LogP contribution in [0.15, 0.2) is 72.1 Å². The maximum atomic E-state index is 13.0. The summed E-state index contributed by atoms with van der Waals surface area (Å²) in [5.74, 6) is 0.0573. The maximum Gasteiger partial charge on any atom is 0.241 e. The first-order valence-corrected chi connectivity index (χ1v) is 10.4. The minimum Gasteiger partial charge on any atom is -0.324 e. The lowest BCUT2D eigenvalue weighted by Gasteiger charge is -2.29. The Morgan fingerprint density at radius 2 is 1.85 bits per heavy atom. The predicted molar refractivity (Wildman–Crippen MR) is 113 cm³/mol. The molecule has 4 rings (SSSR count). The van der Waals surface area contributed by atoms with E-state index in [4.69, 9.17) is 0 Å². The predicted octanol–water partition coefficient (Wildman–Crippen LogP) is 5.58. The van der Waals surface area contributed by atoms with E-state index in [-0.39, 0.29) is 11.9 Å². The first-order chi connectivity index (χ1) is 13.2. The molecule has 0 aliphatic carbocycles. The Bertz CT molecular complexity index is 892. The normalized spacial score (nSPS) is 18.3. The second-order valence-corrected chi connectivity index (χ2v) is 7.97. The van der Waals surface area contributed by atoms with Crippen molar-refractivity contribution < 1.29 is 4.79 Å². The van der Waals surface area contributed by atoms with E-state index in [1.807, 2.05) is 43.3 Å². The quantitative estimate of drug-likeness (QED) is 0.630. The Morgan fingerprint density at radius 1 is 1.07 bits per heavy atom. The molecule has 3 nitrogen and oxygen atoms in total. The van der Waals surface area contributed by atoms with Crippen LogP contribution in [0.1, 0.15) is 30.7 Å². The number of hydrogen-bond donors (Lipinski definition) is 1. The highest BCUT2D eigenvalue weighted by Gasteiger charge is 2.33. The van der Waals surface area contributed by atoms with Gasteiger partial charge in [0.15, 0.2) is 0 Å². The standard InChI is InChI=1S/C23H24N2OS/c1-17(25-15-7-13-21(25)22-14-8-16-27-22)23(26)24-20-12-6-5-11-19(20)18-9-3-2-4-10-18/h2-6,8-12,14,16-17,21H,7,13,15H2,1H3,(H,24,26)/t17-,21+/m0/s1. The smallest absolute Gasteiger partial charge is 0.241 e. The summed E-state index contributed by atoms with van der Waals surface area (Å²) < 4.78 is 0. The van der Waals surface area contributed by atoms with E-state index in [1.165, 1.54) is 4.88 Å². The van der Waals surface area contributed by atoms with Gasteiger partial charge in [-0.15, -0.1) is 11.3 Å². The molecule has 4 heteroatoms. The van der Waals surface area contributed by atoms with E-state index in [0.29, 0.717) is 6.04 Å². The molecule has 3 aromatic rings. The Hall–Kier alpha value is -2.43. The van der Waals surface area contributed by atoms with Crippen molar-refractivity contribution in [3.63, 3.8) is 0 Å². The van der Waals surface area contributed by atoms with Gasteiger partial charge in [0.05, 0.1) is 6.04 Å². The summed E-state index contributed by atoms with van der Waals surface area (Å²) in [6.07, 6.45) is 2.26. The van der Waals surface area contributed by atoms with Crippen molar-refractivity contribution >= 4 is 22.9 Å². The number of carbonyl (C=O) groups is 1. The van der Waals surface area contributed by atoms with Crippen LogP contribution in [0.4, 0.5) is 5.69 Å². The average Bonchev–Trinajstić information content (AvgIpc) is 3.40. The number of thiophene rings is 1. The second kappa shape index (κ2) is 8.07. The fourth-order valence-corrected chi connectivity index (χ4v) is 4.77. The molecule has 1 amide bonds. The number of carbonyl (C=O) groups excluding carboxylic acids is 1. The van der Waals surface area contributed by atoms with E-state index >= 15 is 0 Å². The van der Waals surface area contributed by atoms with E-state index in [2.05, 4.69) is 45.9 Å². The monoisotopic (exact) mass is 376 g/mol. The molecule has 1 saturated heterocycles. The summed E-state index contributed by atoms with van der Waals surface area (Å²) in [7, 11) is 0. The van der Waals surface area contributed by atoms with Crippen LogP contribution in [0.25, 0.3) is 11.1 Å². The van der Waals surface area contributed by atoms with Crippen molar-refractivity contribution in [2.75, 3.05) is 11.9 Å². The van der Waals surface area contributed by atoms with Crippen molar-refractivity contribution in [3.8, 4) is 11.1 Å². The van der Waals surface area contributed by atoms with Gasteiger partial charge in [0.25, 0.3) is 0 Å². The highest BCUT2D eigenvalue weighted by atomic mass is 32.1. The Labute approximate surface area is 164 Å². The number of nitrogens with zero attached hydrogens (tertiary/aromatic N) is 1. The van der Waals surface area contributed by atoms with Crippen molar-refractivity contribution in [1.29, 1.82) is 0 Å². The van der Waals surface area contributed by atoms with E-state index in [0.717, 1.165) is 36.2 Å². The first kappa shape index (κ1) is 18.0. The minimum absolute atomic E-state index is 0.0573. The number of likely N-dealkylation sites (tertiary alicyclic amines) is 1. The fraction of sp³-hybridized carbons (Fsp3) is 0.261. The van der Waals surface area contributed by atoms with Crippen molar-refractivity contribution in [2.24, 2.45) is 0 Å². The molecule has 1 aliphatic rings. The molecule has 1 aromatic heterocycles. The number of rotatable bonds is 5. The van der Waals surface area contributed by atoms with E-state index in [9.17, 15) is 4.79 Å². The Morgan fingerprint density at radius 3 is 2.63 bits per heavy atom. The van der Waals surface area contributed by atoms with Crippen LogP contribution in [0.2, 0.25) is 0 Å². The van der Waals surface area contributed by atoms with Gasteiger partial charge in [-0.25, -0.2) is 0 Å². The van der Waals surface area contributed by atoms with Gasteiger partial charge in [-0.1, -0.05) is 54.6 Å². The molecule has 1 N–H and O–H groups in total. The number of nitrogens with one attached hydrogen (secondary N) is 1. The summed E-state index contributed by atoms with van der Waals surface area (Å²) in [4.78, 5) is 16.7. The van der Waals surface area contributed by atoms with Crippen LogP contribution in [0, 0.1) is 0 Å². The van der Waals surface area contributed by atoms with Gasteiger partial charge in [-0.05, 0) is 49.4 Å². The summed E-state index contributed by atoms with van der Waals surface area (Å²) >= 11 is 1.78. The average molecular weight is 377 g/mol. The third kappa shape index (κ3) is 3.82. The van der Waals surface area contributed by atoms with Gasteiger partial charge in [0.2, 0.25) is 5.91 Å².